The molecule has 12 heavy (non-hydrogen) atoms. The summed E-state index contributed by atoms with van der Waals surface area (Å²) in [4.78, 5) is 0. The molecule has 0 aromatic rings. The molecule has 0 radical (unpaired) electrons. The van der Waals surface area contributed by atoms with Crippen molar-refractivity contribution in [1.82, 2.24) is 11.0 Å². The van der Waals surface area contributed by atoms with Gasteiger partial charge in [0.05, 0.1) is 20.6 Å². The summed E-state index contributed by atoms with van der Waals surface area (Å²) in [5.74, 6) is 0.259. The van der Waals surface area contributed by atoms with E-state index in [1.165, 1.54) is 7.05 Å². The monoisotopic (exact) mass is 178 g/mol. The number of hydroxylamine groups is 3. The minimum absolute atomic E-state index is 0.120. The van der Waals surface area contributed by atoms with Crippen LogP contribution in [0.1, 0.15) is 6.92 Å². The van der Waals surface area contributed by atoms with E-state index in [0.717, 1.165) is 0 Å². The van der Waals surface area contributed by atoms with Gasteiger partial charge in [0, 0.05) is 12.5 Å². The molecule has 0 amide bonds. The van der Waals surface area contributed by atoms with Gasteiger partial charge >= 0.3 is 0 Å². The van der Waals surface area contributed by atoms with Crippen LogP contribution in [-0.2, 0) is 0 Å². The maximum atomic E-state index is 10.6. The first-order chi connectivity index (χ1) is 5.52. The summed E-state index contributed by atoms with van der Waals surface area (Å²) >= 11 is 0. The van der Waals surface area contributed by atoms with Gasteiger partial charge in [-0.05, 0) is 0 Å². The average Bonchev–Trinajstić information content (AvgIpc) is 1.84. The predicted molar refractivity (Wildman–Crippen MR) is 45.7 cm³/mol. The largest absolute Gasteiger partial charge is 0.634 e. The maximum Gasteiger partial charge on any atom is 0.0850 e. The average molecular weight is 178 g/mol. The molecule has 0 saturated heterocycles. The van der Waals surface area contributed by atoms with Crippen molar-refractivity contribution < 1.29 is 10.2 Å². The van der Waals surface area contributed by atoms with Gasteiger partial charge in [0.1, 0.15) is 0 Å². The van der Waals surface area contributed by atoms with Crippen LogP contribution in [0.4, 0.5) is 0 Å². The molecule has 6 heteroatoms. The van der Waals surface area contributed by atoms with Crippen LogP contribution >= 0.6 is 0 Å². The third-order valence-electron chi connectivity index (χ3n) is 1.35. The van der Waals surface area contributed by atoms with E-state index in [-0.39, 0.29) is 16.2 Å². The second-order valence-electron chi connectivity index (χ2n) is 3.07. The van der Waals surface area contributed by atoms with Gasteiger partial charge in [-0.2, -0.15) is 0 Å². The molecule has 3 unspecified atom stereocenters. The van der Waals surface area contributed by atoms with Crippen molar-refractivity contribution in [2.75, 3.05) is 27.2 Å². The van der Waals surface area contributed by atoms with Crippen LogP contribution in [-0.4, -0.2) is 27.2 Å². The van der Waals surface area contributed by atoms with E-state index in [4.69, 9.17) is 0 Å². The summed E-state index contributed by atoms with van der Waals surface area (Å²) in [6, 6.07) is 0. The number of quaternary nitrogens is 2. The quantitative estimate of drug-likeness (QED) is 0.321. The van der Waals surface area contributed by atoms with Crippen molar-refractivity contribution in [1.29, 1.82) is 0 Å². The molecule has 0 aliphatic rings. The zero-order valence-electron chi connectivity index (χ0n) is 7.81. The Bertz CT molecular complexity index is 110. The maximum absolute atomic E-state index is 10.6. The van der Waals surface area contributed by atoms with E-state index in [0.29, 0.717) is 13.1 Å². The van der Waals surface area contributed by atoms with Gasteiger partial charge in [-0.1, -0.05) is 6.92 Å². The number of nitrogens with one attached hydrogen (secondary N) is 4. The summed E-state index contributed by atoms with van der Waals surface area (Å²) in [6.07, 6.45) is 0. The van der Waals surface area contributed by atoms with E-state index in [1.807, 2.05) is 6.92 Å². The fraction of sp³-hybridized carbons (Fsp3) is 1.00. The molecular formula is C6H18N4O2. The number of hydrogen-bond donors (Lipinski definition) is 4. The van der Waals surface area contributed by atoms with Crippen molar-refractivity contribution in [3.8, 4) is 0 Å². The highest BCUT2D eigenvalue weighted by molar-refractivity contribution is 4.49. The lowest BCUT2D eigenvalue weighted by Crippen LogP contribution is -3.13. The second kappa shape index (κ2) is 6.30. The first-order valence-electron chi connectivity index (χ1n) is 4.01. The van der Waals surface area contributed by atoms with Crippen LogP contribution < -0.4 is 21.2 Å². The van der Waals surface area contributed by atoms with Gasteiger partial charge in [-0.25, -0.2) is 5.43 Å². The van der Waals surface area contributed by atoms with E-state index < -0.39 is 0 Å². The molecule has 0 rings (SSSR count). The molecule has 0 aliphatic carbocycles. The van der Waals surface area contributed by atoms with E-state index in [1.54, 1.807) is 7.05 Å². The Kier molecular flexibility index (Phi) is 6.17. The summed E-state index contributed by atoms with van der Waals surface area (Å²) in [5.41, 5.74) is 5.19. The minimum Gasteiger partial charge on any atom is -0.634 e. The van der Waals surface area contributed by atoms with Gasteiger partial charge in [-0.15, -0.1) is 5.53 Å². The smallest absolute Gasteiger partial charge is 0.0850 e. The van der Waals surface area contributed by atoms with Crippen LogP contribution in [0, 0.1) is 16.3 Å². The lowest BCUT2D eigenvalue weighted by atomic mass is 10.2. The fourth-order valence-electron chi connectivity index (χ4n) is 0.913. The van der Waals surface area contributed by atoms with Gasteiger partial charge in [-0.3, -0.25) is 5.17 Å². The zero-order valence-corrected chi connectivity index (χ0v) is 7.81. The Balaban J connectivity index is 3.25. The van der Waals surface area contributed by atoms with Crippen LogP contribution in [0.5, 0.6) is 0 Å². The summed E-state index contributed by atoms with van der Waals surface area (Å²) in [7, 11) is 3.00. The standard InChI is InChI=1S/C6H18N4O2/c1-6(5-9(2)11)4-7-8-10(3)12/h6-10H,4-5H2,1-3H3. The molecule has 3 atom stereocenters. The molecule has 0 spiro atoms. The first-order valence-corrected chi connectivity index (χ1v) is 4.01. The lowest BCUT2D eigenvalue weighted by Gasteiger charge is -2.22. The molecule has 4 N–H and O–H groups in total. The SMILES string of the molecule is CC(CNN[NH+](C)[O-])C[NH+](C)[O-]. The third kappa shape index (κ3) is 7.86. The Labute approximate surface area is 72.6 Å². The van der Waals surface area contributed by atoms with Crippen molar-refractivity contribution in [2.24, 2.45) is 5.92 Å². The van der Waals surface area contributed by atoms with Gasteiger partial charge < -0.3 is 15.5 Å². The fourth-order valence-corrected chi connectivity index (χ4v) is 0.913. The van der Waals surface area contributed by atoms with Crippen LogP contribution in [0.3, 0.4) is 0 Å². The molecule has 0 aromatic carbocycles. The van der Waals surface area contributed by atoms with E-state index in [2.05, 4.69) is 11.0 Å². The molecular weight excluding hydrogens is 160 g/mol. The predicted octanol–water partition coefficient (Wildman–Crippen LogP) is -3.34. The molecule has 0 saturated carbocycles. The molecule has 74 valence electrons. The highest BCUT2D eigenvalue weighted by Crippen LogP contribution is 1.84. The van der Waals surface area contributed by atoms with Crippen molar-refractivity contribution in [3.63, 3.8) is 0 Å². The number of hydrazine groups is 1. The Morgan fingerprint density at radius 2 is 1.92 bits per heavy atom. The molecule has 0 bridgehead atoms. The van der Waals surface area contributed by atoms with Crippen molar-refractivity contribution in [2.45, 2.75) is 6.92 Å². The highest BCUT2D eigenvalue weighted by Gasteiger charge is 2.03. The molecule has 0 heterocycles. The minimum atomic E-state index is -0.120. The van der Waals surface area contributed by atoms with Gasteiger partial charge in [0.25, 0.3) is 0 Å². The summed E-state index contributed by atoms with van der Waals surface area (Å²) < 4.78 is 0. The Hall–Kier alpha value is -0.240. The van der Waals surface area contributed by atoms with E-state index in [9.17, 15) is 10.4 Å². The lowest BCUT2D eigenvalue weighted by molar-refractivity contribution is -0.882. The molecule has 6 nitrogen and oxygen atoms in total. The Morgan fingerprint density at radius 3 is 2.33 bits per heavy atom. The first kappa shape index (κ1) is 11.8. The molecule has 0 fully saturated rings. The number of rotatable bonds is 6. The van der Waals surface area contributed by atoms with Crippen molar-refractivity contribution in [3.05, 3.63) is 10.4 Å². The number of hydrogen-bond acceptors (Lipinski definition) is 4. The zero-order chi connectivity index (χ0) is 9.56. The van der Waals surface area contributed by atoms with Crippen LogP contribution in [0.25, 0.3) is 0 Å². The molecule has 0 aliphatic heterocycles. The van der Waals surface area contributed by atoms with Gasteiger partial charge in [0.2, 0.25) is 0 Å². The van der Waals surface area contributed by atoms with Crippen LogP contribution in [0.15, 0.2) is 0 Å². The topological polar surface area (TPSA) is 79.1 Å². The second-order valence-corrected chi connectivity index (χ2v) is 3.07. The Morgan fingerprint density at radius 1 is 1.33 bits per heavy atom. The van der Waals surface area contributed by atoms with Crippen molar-refractivity contribution >= 4 is 0 Å². The summed E-state index contributed by atoms with van der Waals surface area (Å²) in [5, 5.41) is 21.1. The van der Waals surface area contributed by atoms with Gasteiger partial charge in [0.15, 0.2) is 0 Å². The summed E-state index contributed by atoms with van der Waals surface area (Å²) in [6.45, 7) is 3.13. The normalized spacial score (nSPS) is 18.8. The molecule has 0 aromatic heterocycles. The van der Waals surface area contributed by atoms with Crippen LogP contribution in [0.2, 0.25) is 0 Å². The third-order valence-corrected chi connectivity index (χ3v) is 1.35. The van der Waals surface area contributed by atoms with E-state index >= 15 is 0 Å². The highest BCUT2D eigenvalue weighted by atomic mass is 16.5.